The van der Waals surface area contributed by atoms with E-state index in [1.807, 2.05) is 66.7 Å². The van der Waals surface area contributed by atoms with Gasteiger partial charge in [-0.3, -0.25) is 9.59 Å². The van der Waals surface area contributed by atoms with Crippen molar-refractivity contribution >= 4 is 17.9 Å². The van der Waals surface area contributed by atoms with Crippen LogP contribution < -0.4 is 10.6 Å². The second-order valence-electron chi connectivity index (χ2n) is 9.98. The number of carbonyl (C=O) groups excluding carboxylic acids is 3. The van der Waals surface area contributed by atoms with Gasteiger partial charge in [-0.2, -0.15) is 0 Å². The molecule has 7 heteroatoms. The molecule has 180 valence electrons. The molecule has 32 heavy (non-hydrogen) atoms. The molecule has 0 fully saturated rings. The Morgan fingerprint density at radius 1 is 0.969 bits per heavy atom. The number of aryl methyl sites for hydroxylation is 2. The molecule has 0 radical (unpaired) electrons. The first-order valence-electron chi connectivity index (χ1n) is 11.3. The summed E-state index contributed by atoms with van der Waals surface area (Å²) in [6, 6.07) is 4.17. The van der Waals surface area contributed by atoms with Gasteiger partial charge in [-0.15, -0.1) is 0 Å². The number of nitrogens with zero attached hydrogens (tertiary/aromatic N) is 1. The van der Waals surface area contributed by atoms with Crippen molar-refractivity contribution in [1.29, 1.82) is 0 Å². The van der Waals surface area contributed by atoms with Crippen LogP contribution in [0.25, 0.3) is 0 Å². The van der Waals surface area contributed by atoms with Gasteiger partial charge in [-0.05, 0) is 66.9 Å². The van der Waals surface area contributed by atoms with E-state index in [-0.39, 0.29) is 23.8 Å². The number of carbonyl (C=O) groups is 3. The summed E-state index contributed by atoms with van der Waals surface area (Å²) in [5.74, 6) is -0.770. The van der Waals surface area contributed by atoms with E-state index in [2.05, 4.69) is 10.6 Å². The van der Waals surface area contributed by atoms with Gasteiger partial charge in [0.25, 0.3) is 0 Å². The molecule has 3 amide bonds. The molecule has 0 bridgehead atoms. The van der Waals surface area contributed by atoms with E-state index in [9.17, 15) is 14.4 Å². The van der Waals surface area contributed by atoms with Crippen molar-refractivity contribution in [2.45, 2.75) is 93.0 Å². The molecule has 7 nitrogen and oxygen atoms in total. The van der Waals surface area contributed by atoms with Crippen LogP contribution in [0.15, 0.2) is 18.2 Å². The Labute approximate surface area is 193 Å². The monoisotopic (exact) mass is 447 g/mol. The zero-order valence-electron chi connectivity index (χ0n) is 21.3. The average molecular weight is 448 g/mol. The minimum absolute atomic E-state index is 0.0782. The van der Waals surface area contributed by atoms with Crippen molar-refractivity contribution in [2.75, 3.05) is 6.54 Å². The molecule has 0 heterocycles. The number of rotatable bonds is 8. The lowest BCUT2D eigenvalue weighted by Crippen LogP contribution is -2.55. The van der Waals surface area contributed by atoms with E-state index >= 15 is 0 Å². The van der Waals surface area contributed by atoms with Crippen LogP contribution in [-0.4, -0.2) is 47.0 Å². The Balaban J connectivity index is 3.38. The molecule has 0 aromatic heterocycles. The lowest BCUT2D eigenvalue weighted by Gasteiger charge is -2.35. The lowest BCUT2D eigenvalue weighted by molar-refractivity contribution is -0.143. The highest BCUT2D eigenvalue weighted by Crippen LogP contribution is 2.26. The van der Waals surface area contributed by atoms with Gasteiger partial charge in [-0.1, -0.05) is 43.2 Å². The number of alkyl carbamates (subject to hydrolysis) is 1. The highest BCUT2D eigenvalue weighted by atomic mass is 16.6. The Hall–Kier alpha value is -2.57. The Kier molecular flexibility index (Phi) is 9.73. The quantitative estimate of drug-likeness (QED) is 0.623. The molecule has 0 saturated heterocycles. The summed E-state index contributed by atoms with van der Waals surface area (Å²) < 4.78 is 5.36. The van der Waals surface area contributed by atoms with Crippen molar-refractivity contribution in [2.24, 2.45) is 5.92 Å². The topological polar surface area (TPSA) is 87.7 Å². The molecule has 2 unspecified atom stereocenters. The summed E-state index contributed by atoms with van der Waals surface area (Å²) in [4.78, 5) is 40.9. The standard InChI is InChI=1S/C25H41N3O4/c1-11-28(23(30)20(15(2)3)27-24(31)32-25(8,9)10)21(22(29)26-16(4)5)19-13-17(6)12-18(7)14-19/h12-16,20-21H,11H2,1-10H3,(H,26,29)(H,27,31). The fraction of sp³-hybridized carbons (Fsp3) is 0.640. The number of hydrogen-bond donors (Lipinski definition) is 2. The third-order valence-corrected chi connectivity index (χ3v) is 4.78. The van der Waals surface area contributed by atoms with Crippen LogP contribution >= 0.6 is 0 Å². The third-order valence-electron chi connectivity index (χ3n) is 4.78. The second-order valence-corrected chi connectivity index (χ2v) is 9.98. The smallest absolute Gasteiger partial charge is 0.408 e. The highest BCUT2D eigenvalue weighted by molar-refractivity contribution is 5.92. The second kappa shape index (κ2) is 11.3. The Bertz CT molecular complexity index is 792. The van der Waals surface area contributed by atoms with Crippen LogP contribution in [-0.2, 0) is 14.3 Å². The van der Waals surface area contributed by atoms with E-state index in [1.165, 1.54) is 4.90 Å². The molecular formula is C25H41N3O4. The van der Waals surface area contributed by atoms with Gasteiger partial charge in [0.15, 0.2) is 0 Å². The zero-order valence-corrected chi connectivity index (χ0v) is 21.3. The summed E-state index contributed by atoms with van der Waals surface area (Å²) in [5, 5.41) is 5.66. The normalized spacial score (nSPS) is 13.5. The summed E-state index contributed by atoms with van der Waals surface area (Å²) in [5.41, 5.74) is 2.09. The van der Waals surface area contributed by atoms with Gasteiger partial charge in [-0.25, -0.2) is 4.79 Å². The molecule has 2 N–H and O–H groups in total. The zero-order chi connectivity index (χ0) is 24.8. The molecule has 2 atom stereocenters. The molecule has 0 aliphatic heterocycles. The molecule has 1 rings (SSSR count). The van der Waals surface area contributed by atoms with Crippen molar-refractivity contribution in [3.63, 3.8) is 0 Å². The van der Waals surface area contributed by atoms with Crippen LogP contribution in [0.4, 0.5) is 4.79 Å². The van der Waals surface area contributed by atoms with E-state index in [0.717, 1.165) is 16.7 Å². The molecule has 0 aliphatic rings. The van der Waals surface area contributed by atoms with Crippen LogP contribution in [0.2, 0.25) is 0 Å². The van der Waals surface area contributed by atoms with Gasteiger partial charge >= 0.3 is 6.09 Å². The van der Waals surface area contributed by atoms with Crippen LogP contribution in [0, 0.1) is 19.8 Å². The third kappa shape index (κ3) is 8.17. The predicted molar refractivity (Wildman–Crippen MR) is 127 cm³/mol. The Morgan fingerprint density at radius 3 is 1.91 bits per heavy atom. The molecule has 0 aliphatic carbocycles. The van der Waals surface area contributed by atoms with E-state index in [1.54, 1.807) is 20.8 Å². The largest absolute Gasteiger partial charge is 0.444 e. The fourth-order valence-electron chi connectivity index (χ4n) is 3.60. The molecule has 1 aromatic rings. The van der Waals surface area contributed by atoms with Crippen molar-refractivity contribution in [3.8, 4) is 0 Å². The van der Waals surface area contributed by atoms with Gasteiger partial charge < -0.3 is 20.3 Å². The van der Waals surface area contributed by atoms with Crippen LogP contribution in [0.5, 0.6) is 0 Å². The van der Waals surface area contributed by atoms with Crippen LogP contribution in [0.1, 0.15) is 78.1 Å². The Morgan fingerprint density at radius 2 is 1.50 bits per heavy atom. The number of benzene rings is 1. The van der Waals surface area contributed by atoms with Crippen molar-refractivity contribution < 1.29 is 19.1 Å². The molecular weight excluding hydrogens is 406 g/mol. The first kappa shape index (κ1) is 27.5. The summed E-state index contributed by atoms with van der Waals surface area (Å²) in [6.07, 6.45) is -0.657. The van der Waals surface area contributed by atoms with E-state index in [4.69, 9.17) is 4.74 Å². The van der Waals surface area contributed by atoms with Gasteiger partial charge in [0.2, 0.25) is 11.8 Å². The number of amides is 3. The maximum absolute atomic E-state index is 13.7. The lowest BCUT2D eigenvalue weighted by atomic mass is 9.96. The maximum Gasteiger partial charge on any atom is 0.408 e. The minimum atomic E-state index is -0.829. The van der Waals surface area contributed by atoms with Crippen LogP contribution in [0.3, 0.4) is 0 Å². The number of likely N-dealkylation sites (N-methyl/N-ethyl adjacent to an activating group) is 1. The summed E-state index contributed by atoms with van der Waals surface area (Å²) in [6.45, 7) is 18.9. The number of nitrogens with one attached hydrogen (secondary N) is 2. The SMILES string of the molecule is CCN(C(=O)C(NC(=O)OC(C)(C)C)C(C)C)C(C(=O)NC(C)C)c1cc(C)cc(C)c1. The fourth-order valence-corrected chi connectivity index (χ4v) is 3.60. The number of hydrogen-bond acceptors (Lipinski definition) is 4. The predicted octanol–water partition coefficient (Wildman–Crippen LogP) is 4.27. The molecule has 1 aromatic carbocycles. The van der Waals surface area contributed by atoms with Gasteiger partial charge in [0, 0.05) is 12.6 Å². The first-order chi connectivity index (χ1) is 14.7. The maximum atomic E-state index is 13.7. The van der Waals surface area contributed by atoms with E-state index < -0.39 is 23.8 Å². The average Bonchev–Trinajstić information content (AvgIpc) is 2.60. The molecule has 0 spiro atoms. The van der Waals surface area contributed by atoms with E-state index in [0.29, 0.717) is 6.54 Å². The summed E-state index contributed by atoms with van der Waals surface area (Å²) >= 11 is 0. The molecule has 0 saturated carbocycles. The first-order valence-corrected chi connectivity index (χ1v) is 11.3. The van der Waals surface area contributed by atoms with Crippen molar-refractivity contribution in [3.05, 3.63) is 34.9 Å². The number of ether oxygens (including phenoxy) is 1. The van der Waals surface area contributed by atoms with Gasteiger partial charge in [0.05, 0.1) is 0 Å². The highest BCUT2D eigenvalue weighted by Gasteiger charge is 2.37. The minimum Gasteiger partial charge on any atom is -0.444 e. The van der Waals surface area contributed by atoms with Gasteiger partial charge in [0.1, 0.15) is 17.7 Å². The van der Waals surface area contributed by atoms with Crippen molar-refractivity contribution in [1.82, 2.24) is 15.5 Å². The summed E-state index contributed by atoms with van der Waals surface area (Å²) in [7, 11) is 0.